The summed E-state index contributed by atoms with van der Waals surface area (Å²) in [6.07, 6.45) is 5.97. The topological polar surface area (TPSA) is 57.4 Å². The van der Waals surface area contributed by atoms with Crippen LogP contribution >= 0.6 is 35.3 Å². The number of ether oxygens (including phenoxy) is 2. The molecule has 2 N–H and O–H groups in total. The van der Waals surface area contributed by atoms with Crippen LogP contribution in [0.1, 0.15) is 32.5 Å². The molecule has 0 aliphatic carbocycles. The van der Waals surface area contributed by atoms with E-state index in [1.807, 2.05) is 26.0 Å². The number of benzene rings is 2. The second-order valence-corrected chi connectivity index (χ2v) is 9.37. The van der Waals surface area contributed by atoms with Gasteiger partial charge < -0.3 is 15.2 Å². The van der Waals surface area contributed by atoms with Crippen molar-refractivity contribution in [3.05, 3.63) is 67.7 Å². The molecule has 0 spiro atoms. The second kappa shape index (κ2) is 10.9. The summed E-state index contributed by atoms with van der Waals surface area (Å²) < 4.78 is 25.1. The highest BCUT2D eigenvalue weighted by Gasteiger charge is 2.40. The van der Waals surface area contributed by atoms with Gasteiger partial charge in [-0.2, -0.15) is 0 Å². The van der Waals surface area contributed by atoms with Crippen molar-refractivity contribution in [2.75, 3.05) is 20.8 Å². The normalized spacial score (nSPS) is 13.5. The zero-order valence-electron chi connectivity index (χ0n) is 19.2. The third-order valence-corrected chi connectivity index (χ3v) is 7.04. The minimum Gasteiger partial charge on any atom is -0.496 e. The fourth-order valence-corrected chi connectivity index (χ4v) is 4.97. The molecule has 0 radical (unpaired) electrons. The van der Waals surface area contributed by atoms with Crippen molar-refractivity contribution in [2.24, 2.45) is 5.73 Å². The van der Waals surface area contributed by atoms with E-state index in [-0.39, 0.29) is 24.8 Å². The maximum Gasteiger partial charge on any atom is 0.139 e. The van der Waals surface area contributed by atoms with Gasteiger partial charge in [0.15, 0.2) is 0 Å². The summed E-state index contributed by atoms with van der Waals surface area (Å²) in [7, 11) is 3.16. The number of thiazole rings is 1. The van der Waals surface area contributed by atoms with E-state index in [4.69, 9.17) is 38.2 Å². The molecule has 1 unspecified atom stereocenters. The summed E-state index contributed by atoms with van der Waals surface area (Å²) in [5.41, 5.74) is 9.11. The monoisotopic (exact) mass is 508 g/mol. The summed E-state index contributed by atoms with van der Waals surface area (Å²) in [6.45, 7) is 5.80. The van der Waals surface area contributed by atoms with Crippen molar-refractivity contribution in [1.29, 1.82) is 0 Å². The van der Waals surface area contributed by atoms with E-state index >= 15 is 0 Å². The molecule has 8 heteroatoms. The van der Waals surface area contributed by atoms with E-state index in [9.17, 15) is 4.39 Å². The van der Waals surface area contributed by atoms with Gasteiger partial charge in [-0.25, -0.2) is 9.37 Å². The summed E-state index contributed by atoms with van der Waals surface area (Å²) in [5.74, 6) is 2.60. The van der Waals surface area contributed by atoms with E-state index in [1.54, 1.807) is 33.3 Å². The van der Waals surface area contributed by atoms with Gasteiger partial charge in [-0.1, -0.05) is 29.7 Å². The fraction of sp³-hybridized carbons (Fsp3) is 0.320. The van der Waals surface area contributed by atoms with Gasteiger partial charge in [-0.3, -0.25) is 0 Å². The molecule has 2 atom stereocenters. The molecule has 1 aromatic heterocycles. The first-order valence-corrected chi connectivity index (χ1v) is 11.2. The molecule has 0 bridgehead atoms. The van der Waals surface area contributed by atoms with Crippen LogP contribution in [-0.2, 0) is 10.3 Å². The average Bonchev–Trinajstić information content (AvgIpc) is 3.16. The molecular formula is C25H27Cl2FN2O2S. The van der Waals surface area contributed by atoms with Crippen LogP contribution in [0.4, 0.5) is 4.39 Å². The van der Waals surface area contributed by atoms with Crippen molar-refractivity contribution >= 4 is 35.3 Å². The molecule has 4 nitrogen and oxygen atoms in total. The summed E-state index contributed by atoms with van der Waals surface area (Å²) >= 11 is 7.94. The predicted octanol–water partition coefficient (Wildman–Crippen LogP) is 6.18. The zero-order chi connectivity index (χ0) is 23.6. The van der Waals surface area contributed by atoms with Crippen molar-refractivity contribution in [1.82, 2.24) is 4.98 Å². The third kappa shape index (κ3) is 5.18. The van der Waals surface area contributed by atoms with Crippen LogP contribution in [0.15, 0.2) is 30.3 Å². The van der Waals surface area contributed by atoms with Gasteiger partial charge in [0, 0.05) is 23.5 Å². The molecule has 0 saturated heterocycles. The number of hydrogen-bond donors (Lipinski definition) is 1. The Morgan fingerprint density at radius 3 is 2.48 bits per heavy atom. The first kappa shape index (κ1) is 27.1. The third-order valence-electron chi connectivity index (χ3n) is 5.61. The van der Waals surface area contributed by atoms with Crippen molar-refractivity contribution < 1.29 is 13.9 Å². The number of aryl methyl sites for hydroxylation is 3. The van der Waals surface area contributed by atoms with Gasteiger partial charge in [0.25, 0.3) is 0 Å². The van der Waals surface area contributed by atoms with Gasteiger partial charge in [0.2, 0.25) is 0 Å². The predicted molar refractivity (Wildman–Crippen MR) is 136 cm³/mol. The molecule has 2 aromatic carbocycles. The van der Waals surface area contributed by atoms with Crippen LogP contribution in [0.2, 0.25) is 5.02 Å². The van der Waals surface area contributed by atoms with E-state index in [2.05, 4.69) is 5.92 Å². The Bertz CT molecular complexity index is 1190. The van der Waals surface area contributed by atoms with Crippen molar-refractivity contribution in [3.63, 3.8) is 0 Å². The highest BCUT2D eigenvalue weighted by molar-refractivity contribution is 7.12. The van der Waals surface area contributed by atoms with Crippen LogP contribution in [0.25, 0.3) is 11.3 Å². The van der Waals surface area contributed by atoms with E-state index in [0.29, 0.717) is 32.6 Å². The highest BCUT2D eigenvalue weighted by Crippen LogP contribution is 2.42. The number of hydrogen-bond acceptors (Lipinski definition) is 5. The van der Waals surface area contributed by atoms with Gasteiger partial charge in [-0.05, 0) is 55.7 Å². The smallest absolute Gasteiger partial charge is 0.139 e. The molecule has 0 amide bonds. The van der Waals surface area contributed by atoms with Gasteiger partial charge >= 0.3 is 0 Å². The van der Waals surface area contributed by atoms with Crippen LogP contribution < -0.4 is 10.5 Å². The number of nitrogens with two attached hydrogens (primary N) is 1. The number of terminal acetylenes is 1. The lowest BCUT2D eigenvalue weighted by atomic mass is 9.81. The Hall–Kier alpha value is -2.14. The van der Waals surface area contributed by atoms with Crippen molar-refractivity contribution in [2.45, 2.75) is 32.2 Å². The molecule has 0 aliphatic heterocycles. The SMILES string of the molecule is C#CC(N)(c1nc(-c2cc(C)c(OC)cc2Cl)c(C)s1)[C@H](COC)c1ccc(C)c(F)c1.Cl. The Morgan fingerprint density at radius 1 is 1.21 bits per heavy atom. The lowest BCUT2D eigenvalue weighted by Gasteiger charge is -2.31. The van der Waals surface area contributed by atoms with E-state index in [0.717, 1.165) is 16.0 Å². The largest absolute Gasteiger partial charge is 0.496 e. The van der Waals surface area contributed by atoms with Crippen LogP contribution in [0, 0.1) is 38.9 Å². The lowest BCUT2D eigenvalue weighted by Crippen LogP contribution is -2.43. The van der Waals surface area contributed by atoms with Gasteiger partial charge in [0.05, 0.1) is 24.4 Å². The first-order chi connectivity index (χ1) is 15.2. The molecule has 176 valence electrons. The average molecular weight is 509 g/mol. The summed E-state index contributed by atoms with van der Waals surface area (Å²) in [4.78, 5) is 5.74. The maximum atomic E-state index is 14.3. The molecule has 3 aromatic rings. The molecule has 1 heterocycles. The first-order valence-electron chi connectivity index (χ1n) is 10.00. The number of methoxy groups -OCH3 is 2. The van der Waals surface area contributed by atoms with Gasteiger partial charge in [0.1, 0.15) is 22.1 Å². The Morgan fingerprint density at radius 2 is 1.91 bits per heavy atom. The Kier molecular flexibility index (Phi) is 8.92. The van der Waals surface area contributed by atoms with Crippen LogP contribution in [-0.4, -0.2) is 25.8 Å². The Balaban J connectivity index is 0.00000385. The summed E-state index contributed by atoms with van der Waals surface area (Å²) in [6, 6.07) is 8.70. The zero-order valence-corrected chi connectivity index (χ0v) is 21.6. The van der Waals surface area contributed by atoms with Gasteiger partial charge in [-0.15, -0.1) is 30.2 Å². The molecule has 33 heavy (non-hydrogen) atoms. The van der Waals surface area contributed by atoms with E-state index < -0.39 is 11.5 Å². The molecule has 0 saturated carbocycles. The van der Waals surface area contributed by atoms with Crippen molar-refractivity contribution in [3.8, 4) is 29.4 Å². The highest BCUT2D eigenvalue weighted by atomic mass is 35.5. The molecule has 0 aliphatic rings. The Labute approximate surface area is 209 Å². The minimum atomic E-state index is -1.31. The van der Waals surface area contributed by atoms with Crippen LogP contribution in [0.3, 0.4) is 0 Å². The maximum absolute atomic E-state index is 14.3. The molecule has 3 rings (SSSR count). The second-order valence-electron chi connectivity index (χ2n) is 7.76. The molecule has 0 fully saturated rings. The number of aromatic nitrogens is 1. The number of rotatable bonds is 7. The number of halogens is 3. The quantitative estimate of drug-likeness (QED) is 0.387. The lowest BCUT2D eigenvalue weighted by molar-refractivity contribution is 0.157. The summed E-state index contributed by atoms with van der Waals surface area (Å²) in [5, 5.41) is 1.06. The van der Waals surface area contributed by atoms with Crippen LogP contribution in [0.5, 0.6) is 5.75 Å². The fourth-order valence-electron chi connectivity index (χ4n) is 3.68. The number of nitrogens with zero attached hydrogens (tertiary/aromatic N) is 1. The van der Waals surface area contributed by atoms with E-state index in [1.165, 1.54) is 17.4 Å². The minimum absolute atomic E-state index is 0. The molecular weight excluding hydrogens is 482 g/mol. The standard InChI is InChI=1S/C25H26ClFN2O2S.ClH/c1-7-25(28,19(13-30-5)17-9-8-14(2)21(27)11-17)24-29-23(16(4)32-24)18-10-15(3)22(31-6)12-20(18)26;/h1,8-12,19H,13,28H2,2-6H3;1H/t19-,25?;/m1./s1.